The Hall–Kier alpha value is -5.89. The minimum absolute atomic E-state index is 0.138. The molecule has 0 aliphatic carbocycles. The predicted octanol–water partition coefficient (Wildman–Crippen LogP) is 6.81. The minimum atomic E-state index is -0.285. The second-order valence-electron chi connectivity index (χ2n) is 14.1. The molecular formula is C45H49ClN8O6S. The van der Waals surface area contributed by atoms with E-state index in [1.807, 2.05) is 32.0 Å². The van der Waals surface area contributed by atoms with Crippen LogP contribution in [0.15, 0.2) is 79.0 Å². The van der Waals surface area contributed by atoms with Crippen LogP contribution in [0, 0.1) is 26.2 Å². The zero-order chi connectivity index (χ0) is 43.0. The third-order valence-electron chi connectivity index (χ3n) is 9.66. The molecule has 5 aromatic rings. The standard InChI is InChI=1S/C45H49ClN8O6S/c1-4-5-6-24-60-36-16-14-34(15-17-36)42(55)33-10-12-35(13-11-33)43(56)47-18-25-58-27-28-59-26-23-53-19-21-54(22-20-53)40-29-39(49-32(3)50-40)51-45-48-30-38(61-45)44(57)52-41-31(2)8-7-9-37(41)46/h1,7-17,29-30H,5-6,18-28H2,2-3H3,(H,47,56)(H,52,57)(H,48,49,50,51). The van der Waals surface area contributed by atoms with Gasteiger partial charge in [0.2, 0.25) is 0 Å². The number of amides is 2. The van der Waals surface area contributed by atoms with Gasteiger partial charge in [-0.1, -0.05) is 47.2 Å². The van der Waals surface area contributed by atoms with Crippen molar-refractivity contribution in [2.75, 3.05) is 87.8 Å². The molecule has 6 rings (SSSR count). The Morgan fingerprint density at radius 2 is 1.56 bits per heavy atom. The quantitative estimate of drug-likeness (QED) is 0.0403. The summed E-state index contributed by atoms with van der Waals surface area (Å²) in [6.07, 6.45) is 8.22. The summed E-state index contributed by atoms with van der Waals surface area (Å²) in [5, 5.41) is 9.98. The number of piperazine rings is 1. The number of aromatic nitrogens is 3. The fourth-order valence-corrected chi connectivity index (χ4v) is 7.34. The van der Waals surface area contributed by atoms with E-state index in [1.54, 1.807) is 54.6 Å². The molecule has 1 aliphatic rings. The number of benzene rings is 3. The van der Waals surface area contributed by atoms with E-state index >= 15 is 0 Å². The van der Waals surface area contributed by atoms with Gasteiger partial charge in [0.1, 0.15) is 28.1 Å². The summed E-state index contributed by atoms with van der Waals surface area (Å²) in [5.41, 5.74) is 2.94. The van der Waals surface area contributed by atoms with E-state index in [2.05, 4.69) is 46.6 Å². The second-order valence-corrected chi connectivity index (χ2v) is 15.5. The molecule has 0 unspecified atom stereocenters. The predicted molar refractivity (Wildman–Crippen MR) is 239 cm³/mol. The minimum Gasteiger partial charge on any atom is -0.494 e. The van der Waals surface area contributed by atoms with Gasteiger partial charge in [-0.25, -0.2) is 15.0 Å². The Balaban J connectivity index is 0.822. The van der Waals surface area contributed by atoms with Crippen molar-refractivity contribution in [2.45, 2.75) is 26.7 Å². The van der Waals surface area contributed by atoms with E-state index in [4.69, 9.17) is 32.2 Å². The van der Waals surface area contributed by atoms with Gasteiger partial charge in [-0.3, -0.25) is 19.3 Å². The van der Waals surface area contributed by atoms with Crippen molar-refractivity contribution in [1.82, 2.24) is 25.2 Å². The van der Waals surface area contributed by atoms with Crippen LogP contribution in [0.4, 0.5) is 22.5 Å². The number of aryl methyl sites for hydroxylation is 2. The van der Waals surface area contributed by atoms with E-state index in [-0.39, 0.29) is 17.6 Å². The maximum atomic E-state index is 12.9. The van der Waals surface area contributed by atoms with Gasteiger partial charge in [0.05, 0.1) is 49.9 Å². The number of hydrogen-bond donors (Lipinski definition) is 3. The molecular weight excluding hydrogens is 816 g/mol. The largest absolute Gasteiger partial charge is 0.494 e. The molecule has 0 radical (unpaired) electrons. The number of nitrogens with zero attached hydrogens (tertiary/aromatic N) is 5. The van der Waals surface area contributed by atoms with Crippen molar-refractivity contribution < 1.29 is 28.6 Å². The molecule has 0 spiro atoms. The average Bonchev–Trinajstić information content (AvgIpc) is 3.74. The summed E-state index contributed by atoms with van der Waals surface area (Å²) in [6, 6.07) is 20.9. The number of ketones is 1. The number of halogens is 1. The highest BCUT2D eigenvalue weighted by Gasteiger charge is 2.20. The third-order valence-corrected chi connectivity index (χ3v) is 10.9. The van der Waals surface area contributed by atoms with Crippen molar-refractivity contribution in [3.63, 3.8) is 0 Å². The lowest BCUT2D eigenvalue weighted by Gasteiger charge is -2.35. The number of thiazole rings is 1. The molecule has 318 valence electrons. The summed E-state index contributed by atoms with van der Waals surface area (Å²) in [6.45, 7) is 10.5. The number of para-hydroxylation sites is 1. The topological polar surface area (TPSA) is 160 Å². The van der Waals surface area contributed by atoms with Gasteiger partial charge in [0.25, 0.3) is 11.8 Å². The lowest BCUT2D eigenvalue weighted by molar-refractivity contribution is 0.0387. The Bertz CT molecular complexity index is 2270. The van der Waals surface area contributed by atoms with Crippen LogP contribution in [0.2, 0.25) is 5.02 Å². The van der Waals surface area contributed by atoms with Crippen molar-refractivity contribution in [3.8, 4) is 18.1 Å². The van der Waals surface area contributed by atoms with Gasteiger partial charge in [0.15, 0.2) is 10.9 Å². The fraction of sp³-hybridized carbons (Fsp3) is 0.333. The van der Waals surface area contributed by atoms with Gasteiger partial charge in [-0.2, -0.15) is 0 Å². The number of ether oxygens (including phenoxy) is 3. The summed E-state index contributed by atoms with van der Waals surface area (Å²) in [7, 11) is 0. The fourth-order valence-electron chi connectivity index (χ4n) is 6.35. The lowest BCUT2D eigenvalue weighted by Crippen LogP contribution is -2.47. The molecule has 3 heterocycles. The highest BCUT2D eigenvalue weighted by molar-refractivity contribution is 7.17. The van der Waals surface area contributed by atoms with Crippen LogP contribution in [-0.4, -0.2) is 110 Å². The first-order valence-electron chi connectivity index (χ1n) is 20.0. The van der Waals surface area contributed by atoms with Crippen molar-refractivity contribution in [3.05, 3.63) is 117 Å². The van der Waals surface area contributed by atoms with Crippen LogP contribution in [-0.2, 0) is 9.47 Å². The summed E-state index contributed by atoms with van der Waals surface area (Å²) < 4.78 is 17.1. The van der Waals surface area contributed by atoms with Gasteiger partial charge >= 0.3 is 0 Å². The highest BCUT2D eigenvalue weighted by atomic mass is 35.5. The zero-order valence-corrected chi connectivity index (χ0v) is 35.8. The molecule has 16 heteroatoms. The second kappa shape index (κ2) is 22.6. The number of carbonyl (C=O) groups excluding carboxylic acids is 3. The maximum absolute atomic E-state index is 12.9. The van der Waals surface area contributed by atoms with Crippen LogP contribution < -0.4 is 25.6 Å². The van der Waals surface area contributed by atoms with Gasteiger partial charge in [0, 0.05) is 68.4 Å². The number of unbranched alkanes of at least 4 members (excludes halogenated alkanes) is 1. The molecule has 0 bridgehead atoms. The normalized spacial score (nSPS) is 12.7. The van der Waals surface area contributed by atoms with E-state index < -0.39 is 0 Å². The molecule has 1 saturated heterocycles. The molecule has 2 aromatic heterocycles. The number of anilines is 4. The number of rotatable bonds is 21. The molecule has 14 nitrogen and oxygen atoms in total. The molecule has 61 heavy (non-hydrogen) atoms. The first-order chi connectivity index (χ1) is 29.7. The lowest BCUT2D eigenvalue weighted by atomic mass is 10.0. The first kappa shape index (κ1) is 44.7. The van der Waals surface area contributed by atoms with E-state index in [9.17, 15) is 14.4 Å². The van der Waals surface area contributed by atoms with Crippen molar-refractivity contribution in [1.29, 1.82) is 0 Å². The van der Waals surface area contributed by atoms with Crippen LogP contribution in [0.5, 0.6) is 5.75 Å². The zero-order valence-electron chi connectivity index (χ0n) is 34.2. The average molecular weight is 865 g/mol. The SMILES string of the molecule is C#CCCCOc1ccc(C(=O)c2ccc(C(=O)NCCOCCOCCN3CCN(c4cc(Nc5ncc(C(=O)Nc6c(C)cccc6Cl)s5)nc(C)n4)CC3)cc2)cc1. The van der Waals surface area contributed by atoms with Crippen molar-refractivity contribution in [2.24, 2.45) is 0 Å². The molecule has 2 amide bonds. The van der Waals surface area contributed by atoms with Crippen LogP contribution in [0.3, 0.4) is 0 Å². The highest BCUT2D eigenvalue weighted by Crippen LogP contribution is 2.29. The van der Waals surface area contributed by atoms with Crippen LogP contribution in [0.1, 0.15) is 60.2 Å². The van der Waals surface area contributed by atoms with Gasteiger partial charge in [-0.15, -0.1) is 12.3 Å². The molecule has 0 saturated carbocycles. The number of hydrogen-bond acceptors (Lipinski definition) is 13. The van der Waals surface area contributed by atoms with Gasteiger partial charge in [-0.05, 0) is 68.3 Å². The number of carbonyl (C=O) groups is 3. The number of terminal acetylenes is 1. The summed E-state index contributed by atoms with van der Waals surface area (Å²) in [4.78, 5) is 57.1. The van der Waals surface area contributed by atoms with Crippen molar-refractivity contribution >= 4 is 63.0 Å². The smallest absolute Gasteiger partial charge is 0.267 e. The first-order valence-corrected chi connectivity index (χ1v) is 21.2. The third kappa shape index (κ3) is 13.3. The molecule has 0 atom stereocenters. The monoisotopic (exact) mass is 864 g/mol. The Morgan fingerprint density at radius 3 is 2.28 bits per heavy atom. The van der Waals surface area contributed by atoms with E-state index in [1.165, 1.54) is 17.5 Å². The van der Waals surface area contributed by atoms with Crippen LogP contribution in [0.25, 0.3) is 0 Å². The molecule has 3 N–H and O–H groups in total. The van der Waals surface area contributed by atoms with Gasteiger partial charge < -0.3 is 35.1 Å². The van der Waals surface area contributed by atoms with Crippen LogP contribution >= 0.6 is 22.9 Å². The maximum Gasteiger partial charge on any atom is 0.267 e. The Kier molecular flexibility index (Phi) is 16.6. The molecule has 1 aliphatic heterocycles. The number of nitrogens with one attached hydrogen (secondary N) is 3. The Morgan fingerprint density at radius 1 is 0.852 bits per heavy atom. The molecule has 3 aromatic carbocycles. The van der Waals surface area contributed by atoms with E-state index in [0.29, 0.717) is 101 Å². The van der Waals surface area contributed by atoms with E-state index in [0.717, 1.165) is 50.5 Å². The Labute approximate surface area is 365 Å². The summed E-state index contributed by atoms with van der Waals surface area (Å²) >= 11 is 7.51. The summed E-state index contributed by atoms with van der Waals surface area (Å²) in [5.74, 6) is 4.65. The molecule has 1 fully saturated rings.